The molecule has 1 aliphatic heterocycles. The van der Waals surface area contributed by atoms with Gasteiger partial charge < -0.3 is 23.9 Å². The van der Waals surface area contributed by atoms with Gasteiger partial charge in [-0.05, 0) is 53.1 Å². The summed E-state index contributed by atoms with van der Waals surface area (Å²) in [5.74, 6) is 3.43. The van der Waals surface area contributed by atoms with Crippen LogP contribution < -0.4 is 24.5 Å². The van der Waals surface area contributed by atoms with Crippen molar-refractivity contribution in [2.45, 2.75) is 57.8 Å². The molecule has 2 aromatic carbocycles. The lowest BCUT2D eigenvalue weighted by Crippen LogP contribution is -2.29. The van der Waals surface area contributed by atoms with E-state index in [2.05, 4.69) is 25.4 Å². The van der Waals surface area contributed by atoms with Crippen molar-refractivity contribution in [2.75, 3.05) is 21.0 Å². The number of benzene rings is 2. The number of H-pyrrole nitrogens is 1. The summed E-state index contributed by atoms with van der Waals surface area (Å²) in [7, 11) is 3.17. The molecule has 1 saturated carbocycles. The number of nitrogens with zero attached hydrogens (tertiary/aromatic N) is 5. The zero-order valence-corrected chi connectivity index (χ0v) is 22.2. The van der Waals surface area contributed by atoms with Crippen molar-refractivity contribution >= 4 is 10.9 Å². The third-order valence-electron chi connectivity index (χ3n) is 7.51. The summed E-state index contributed by atoms with van der Waals surface area (Å²) in [4.78, 5) is 18.4. The van der Waals surface area contributed by atoms with Crippen LogP contribution in [0.1, 0.15) is 55.1 Å². The summed E-state index contributed by atoms with van der Waals surface area (Å²) in [6.45, 7) is 1.67. The van der Waals surface area contributed by atoms with Crippen molar-refractivity contribution < 1.29 is 18.9 Å². The molecule has 1 fully saturated rings. The summed E-state index contributed by atoms with van der Waals surface area (Å²) >= 11 is 0. The highest BCUT2D eigenvalue weighted by Crippen LogP contribution is 2.34. The van der Waals surface area contributed by atoms with E-state index in [1.165, 1.54) is 19.3 Å². The SMILES string of the molecule is COc1cc2cc(CN(Cc3ccc4c(c3)OCO4)Cc3nnnn3C3CCCCC3)c(=O)[nH]c2cc1OC. The van der Waals surface area contributed by atoms with Gasteiger partial charge in [-0.15, -0.1) is 5.10 Å². The predicted octanol–water partition coefficient (Wildman–Crippen LogP) is 3.97. The zero-order valence-electron chi connectivity index (χ0n) is 22.2. The van der Waals surface area contributed by atoms with E-state index in [1.54, 1.807) is 20.3 Å². The normalized spacial score (nSPS) is 15.3. The second-order valence-corrected chi connectivity index (χ2v) is 10.1. The molecule has 0 atom stereocenters. The van der Waals surface area contributed by atoms with E-state index in [9.17, 15) is 4.79 Å². The number of tetrazole rings is 1. The Balaban J connectivity index is 1.32. The van der Waals surface area contributed by atoms with Gasteiger partial charge in [0.15, 0.2) is 28.8 Å². The van der Waals surface area contributed by atoms with Crippen LogP contribution >= 0.6 is 0 Å². The summed E-state index contributed by atoms with van der Waals surface area (Å²) in [5, 5.41) is 13.6. The van der Waals surface area contributed by atoms with Crippen LogP contribution in [0.5, 0.6) is 23.0 Å². The third kappa shape index (κ3) is 5.26. The molecule has 1 N–H and O–H groups in total. The van der Waals surface area contributed by atoms with E-state index in [-0.39, 0.29) is 12.4 Å². The maximum absolute atomic E-state index is 13.2. The van der Waals surface area contributed by atoms with Crippen LogP contribution in [0.3, 0.4) is 0 Å². The Bertz CT molecular complexity index is 1530. The molecule has 2 aromatic heterocycles. The first-order valence-electron chi connectivity index (χ1n) is 13.3. The molecule has 3 heterocycles. The van der Waals surface area contributed by atoms with Gasteiger partial charge in [0.2, 0.25) is 6.79 Å². The van der Waals surface area contributed by atoms with Crippen LogP contribution in [0.25, 0.3) is 10.9 Å². The minimum atomic E-state index is -0.155. The molecular weight excluding hydrogens is 500 g/mol. The van der Waals surface area contributed by atoms with Gasteiger partial charge in [0, 0.05) is 30.1 Å². The van der Waals surface area contributed by atoms with Crippen LogP contribution in [-0.2, 0) is 19.6 Å². The lowest BCUT2D eigenvalue weighted by molar-refractivity contribution is 0.174. The molecule has 0 amide bonds. The number of ether oxygens (including phenoxy) is 4. The Morgan fingerprint density at radius 1 is 0.974 bits per heavy atom. The maximum Gasteiger partial charge on any atom is 0.252 e. The summed E-state index contributed by atoms with van der Waals surface area (Å²) in [6.07, 6.45) is 5.79. The van der Waals surface area contributed by atoms with Crippen LogP contribution in [-0.4, -0.2) is 51.1 Å². The zero-order chi connectivity index (χ0) is 26.8. The van der Waals surface area contributed by atoms with Crippen molar-refractivity contribution in [1.82, 2.24) is 30.1 Å². The number of methoxy groups -OCH3 is 2. The van der Waals surface area contributed by atoms with Gasteiger partial charge in [0.25, 0.3) is 5.56 Å². The molecule has 204 valence electrons. The van der Waals surface area contributed by atoms with E-state index in [4.69, 9.17) is 18.9 Å². The molecule has 4 aromatic rings. The molecule has 0 unspecified atom stereocenters. The summed E-state index contributed by atoms with van der Waals surface area (Å²) in [6, 6.07) is 11.8. The first-order valence-corrected chi connectivity index (χ1v) is 13.3. The molecule has 11 nitrogen and oxygen atoms in total. The number of hydrogen-bond donors (Lipinski definition) is 1. The van der Waals surface area contributed by atoms with Gasteiger partial charge >= 0.3 is 0 Å². The fourth-order valence-corrected chi connectivity index (χ4v) is 5.53. The summed E-state index contributed by atoms with van der Waals surface area (Å²) in [5.41, 5.74) is 2.20. The number of fused-ring (bicyclic) bond motifs is 2. The van der Waals surface area contributed by atoms with E-state index < -0.39 is 0 Å². The third-order valence-corrected chi connectivity index (χ3v) is 7.51. The maximum atomic E-state index is 13.2. The quantitative estimate of drug-likeness (QED) is 0.342. The lowest BCUT2D eigenvalue weighted by Gasteiger charge is -2.25. The number of rotatable bonds is 9. The van der Waals surface area contributed by atoms with Crippen LogP contribution in [0.15, 0.2) is 41.2 Å². The predicted molar refractivity (Wildman–Crippen MR) is 143 cm³/mol. The number of nitrogens with one attached hydrogen (secondary N) is 1. The highest BCUT2D eigenvalue weighted by Gasteiger charge is 2.23. The molecule has 0 bridgehead atoms. The average molecular weight is 533 g/mol. The van der Waals surface area contributed by atoms with E-state index in [0.29, 0.717) is 48.3 Å². The van der Waals surface area contributed by atoms with Gasteiger partial charge in [-0.3, -0.25) is 9.69 Å². The Kier molecular flexibility index (Phi) is 7.06. The molecule has 0 radical (unpaired) electrons. The van der Waals surface area contributed by atoms with Gasteiger partial charge in [-0.25, -0.2) is 4.68 Å². The van der Waals surface area contributed by atoms with Crippen LogP contribution in [0, 0.1) is 0 Å². The number of hydrogen-bond acceptors (Lipinski definition) is 9. The highest BCUT2D eigenvalue weighted by atomic mass is 16.7. The van der Waals surface area contributed by atoms with E-state index in [0.717, 1.165) is 41.1 Å². The van der Waals surface area contributed by atoms with Crippen molar-refractivity contribution in [3.63, 3.8) is 0 Å². The van der Waals surface area contributed by atoms with Crippen molar-refractivity contribution in [1.29, 1.82) is 0 Å². The average Bonchev–Trinajstić information content (AvgIpc) is 3.62. The summed E-state index contributed by atoms with van der Waals surface area (Å²) < 4.78 is 23.9. The number of pyridine rings is 1. The molecule has 2 aliphatic rings. The Morgan fingerprint density at radius 2 is 1.77 bits per heavy atom. The first-order chi connectivity index (χ1) is 19.1. The molecule has 1 aliphatic carbocycles. The Labute approximate surface area is 225 Å². The highest BCUT2D eigenvalue weighted by molar-refractivity contribution is 5.83. The molecular formula is C28H32N6O5. The van der Waals surface area contributed by atoms with Gasteiger partial charge in [-0.1, -0.05) is 25.3 Å². The van der Waals surface area contributed by atoms with Crippen molar-refractivity contribution in [3.05, 3.63) is 63.7 Å². The first kappa shape index (κ1) is 25.2. The van der Waals surface area contributed by atoms with Crippen molar-refractivity contribution in [2.24, 2.45) is 0 Å². The fraction of sp³-hybridized carbons (Fsp3) is 0.429. The van der Waals surface area contributed by atoms with Crippen molar-refractivity contribution in [3.8, 4) is 23.0 Å². The molecule has 6 rings (SSSR count). The smallest absolute Gasteiger partial charge is 0.252 e. The van der Waals surface area contributed by atoms with Crippen LogP contribution in [0.4, 0.5) is 0 Å². The van der Waals surface area contributed by atoms with E-state index >= 15 is 0 Å². The monoisotopic (exact) mass is 532 g/mol. The molecule has 11 heteroatoms. The second-order valence-electron chi connectivity index (χ2n) is 10.1. The minimum absolute atomic E-state index is 0.155. The molecule has 0 saturated heterocycles. The Hall–Kier alpha value is -4.12. The lowest BCUT2D eigenvalue weighted by atomic mass is 9.95. The van der Waals surface area contributed by atoms with Crippen LogP contribution in [0.2, 0.25) is 0 Å². The molecule has 0 spiro atoms. The number of aromatic nitrogens is 5. The Morgan fingerprint density at radius 3 is 2.59 bits per heavy atom. The topological polar surface area (TPSA) is 117 Å². The minimum Gasteiger partial charge on any atom is -0.493 e. The van der Waals surface area contributed by atoms with E-state index in [1.807, 2.05) is 35.0 Å². The largest absolute Gasteiger partial charge is 0.493 e. The van der Waals surface area contributed by atoms with Gasteiger partial charge in [0.05, 0.1) is 32.3 Å². The van der Waals surface area contributed by atoms with Gasteiger partial charge in [0.1, 0.15) is 0 Å². The molecule has 39 heavy (non-hydrogen) atoms. The fourth-order valence-electron chi connectivity index (χ4n) is 5.53. The van der Waals surface area contributed by atoms with Gasteiger partial charge in [-0.2, -0.15) is 0 Å². The number of aromatic amines is 1. The second kappa shape index (κ2) is 10.9. The standard InChI is InChI=1S/C28H32N6O5/c1-36-24-12-19-11-20(28(35)29-22(19)13-25(24)37-2)15-33(14-18-8-9-23-26(10-18)39-17-38-23)16-27-30-31-32-34(27)21-6-4-3-5-7-21/h8-13,21H,3-7,14-17H2,1-2H3,(H,29,35).